The molecule has 0 amide bonds. The molecule has 0 heterocycles. The molecule has 4 heteroatoms. The summed E-state index contributed by atoms with van der Waals surface area (Å²) in [5.74, 6) is 0.752. The lowest BCUT2D eigenvalue weighted by Gasteiger charge is -2.11. The number of aldehydes is 1. The Balaban J connectivity index is 2.20. The zero-order valence-corrected chi connectivity index (χ0v) is 9.03. The summed E-state index contributed by atoms with van der Waals surface area (Å²) in [6.07, 6.45) is 2.81. The Kier molecular flexibility index (Phi) is 3.08. The van der Waals surface area contributed by atoms with Gasteiger partial charge in [-0.1, -0.05) is 0 Å². The van der Waals surface area contributed by atoms with Crippen LogP contribution in [0.5, 0.6) is 11.5 Å². The molecular formula is C12H13FO3. The standard InChI is InChI=1S/C12H13FO3/c1-15-11-5-10(13)9(6-14)4-12(11)16-7-8-2-3-8/h4-6,8H,2-3,7H2,1H3. The van der Waals surface area contributed by atoms with Crippen molar-refractivity contribution in [3.63, 3.8) is 0 Å². The van der Waals surface area contributed by atoms with E-state index in [0.29, 0.717) is 30.3 Å². The van der Waals surface area contributed by atoms with Crippen LogP contribution in [0.4, 0.5) is 4.39 Å². The fourth-order valence-corrected chi connectivity index (χ4v) is 1.41. The molecule has 1 aromatic rings. The molecule has 0 atom stereocenters. The quantitative estimate of drug-likeness (QED) is 0.720. The third kappa shape index (κ3) is 2.32. The van der Waals surface area contributed by atoms with Crippen LogP contribution >= 0.6 is 0 Å². The van der Waals surface area contributed by atoms with Crippen LogP contribution in [0.3, 0.4) is 0 Å². The summed E-state index contributed by atoms with van der Waals surface area (Å²) in [4.78, 5) is 10.6. The number of methoxy groups -OCH3 is 1. The molecule has 0 spiro atoms. The van der Waals surface area contributed by atoms with E-state index < -0.39 is 5.82 Å². The van der Waals surface area contributed by atoms with E-state index in [2.05, 4.69) is 0 Å². The molecule has 1 fully saturated rings. The highest BCUT2D eigenvalue weighted by atomic mass is 19.1. The molecule has 0 unspecified atom stereocenters. The first-order valence-corrected chi connectivity index (χ1v) is 5.20. The summed E-state index contributed by atoms with van der Waals surface area (Å²) in [7, 11) is 1.44. The van der Waals surface area contributed by atoms with Gasteiger partial charge < -0.3 is 9.47 Å². The van der Waals surface area contributed by atoms with Gasteiger partial charge in [-0.05, 0) is 24.8 Å². The number of ether oxygens (including phenoxy) is 2. The highest BCUT2D eigenvalue weighted by molar-refractivity contribution is 5.77. The number of benzene rings is 1. The minimum atomic E-state index is -0.592. The summed E-state index contributed by atoms with van der Waals surface area (Å²) in [6, 6.07) is 2.55. The Morgan fingerprint density at radius 2 is 2.19 bits per heavy atom. The molecule has 0 bridgehead atoms. The largest absolute Gasteiger partial charge is 0.493 e. The highest BCUT2D eigenvalue weighted by Crippen LogP contribution is 2.33. The van der Waals surface area contributed by atoms with Gasteiger partial charge in [-0.15, -0.1) is 0 Å². The van der Waals surface area contributed by atoms with Gasteiger partial charge in [0.1, 0.15) is 5.82 Å². The van der Waals surface area contributed by atoms with Crippen LogP contribution in [0.2, 0.25) is 0 Å². The number of hydrogen-bond acceptors (Lipinski definition) is 3. The Morgan fingerprint density at radius 1 is 1.44 bits per heavy atom. The lowest BCUT2D eigenvalue weighted by atomic mass is 10.2. The fraction of sp³-hybridized carbons (Fsp3) is 0.417. The third-order valence-electron chi connectivity index (χ3n) is 2.58. The van der Waals surface area contributed by atoms with Crippen molar-refractivity contribution < 1.29 is 18.7 Å². The second kappa shape index (κ2) is 4.51. The van der Waals surface area contributed by atoms with Gasteiger partial charge in [-0.3, -0.25) is 4.79 Å². The molecule has 0 aromatic heterocycles. The average Bonchev–Trinajstić information content (AvgIpc) is 3.10. The Bertz CT molecular complexity index is 399. The molecule has 1 aromatic carbocycles. The summed E-state index contributed by atoms with van der Waals surface area (Å²) in [5, 5.41) is 0. The highest BCUT2D eigenvalue weighted by Gasteiger charge is 2.23. The number of carbonyl (C=O) groups excluding carboxylic acids is 1. The van der Waals surface area contributed by atoms with Crippen LogP contribution in [0, 0.1) is 11.7 Å². The Labute approximate surface area is 93.2 Å². The smallest absolute Gasteiger partial charge is 0.163 e. The zero-order valence-electron chi connectivity index (χ0n) is 9.03. The van der Waals surface area contributed by atoms with E-state index in [0.717, 1.165) is 0 Å². The van der Waals surface area contributed by atoms with Gasteiger partial charge in [0.2, 0.25) is 0 Å². The average molecular weight is 224 g/mol. The molecule has 0 saturated heterocycles. The zero-order chi connectivity index (χ0) is 11.5. The van der Waals surface area contributed by atoms with Crippen LogP contribution in [0.1, 0.15) is 23.2 Å². The molecule has 16 heavy (non-hydrogen) atoms. The first-order valence-electron chi connectivity index (χ1n) is 5.20. The molecule has 1 aliphatic rings. The first kappa shape index (κ1) is 10.9. The minimum Gasteiger partial charge on any atom is -0.493 e. The number of rotatable bonds is 5. The molecule has 0 aliphatic heterocycles. The summed E-state index contributed by atoms with van der Waals surface area (Å²) < 4.78 is 23.8. The van der Waals surface area contributed by atoms with E-state index in [1.807, 2.05) is 0 Å². The van der Waals surface area contributed by atoms with Crippen molar-refractivity contribution in [2.75, 3.05) is 13.7 Å². The second-order valence-electron chi connectivity index (χ2n) is 3.90. The van der Waals surface area contributed by atoms with E-state index in [-0.39, 0.29) is 5.56 Å². The number of carbonyl (C=O) groups is 1. The van der Waals surface area contributed by atoms with E-state index in [9.17, 15) is 9.18 Å². The van der Waals surface area contributed by atoms with Crippen molar-refractivity contribution in [3.8, 4) is 11.5 Å². The van der Waals surface area contributed by atoms with Gasteiger partial charge in [0, 0.05) is 6.07 Å². The molecule has 86 valence electrons. The maximum atomic E-state index is 13.3. The van der Waals surface area contributed by atoms with E-state index in [1.54, 1.807) is 0 Å². The van der Waals surface area contributed by atoms with Gasteiger partial charge in [-0.2, -0.15) is 0 Å². The van der Waals surface area contributed by atoms with Gasteiger partial charge >= 0.3 is 0 Å². The van der Waals surface area contributed by atoms with Crippen LogP contribution in [0.25, 0.3) is 0 Å². The van der Waals surface area contributed by atoms with E-state index >= 15 is 0 Å². The van der Waals surface area contributed by atoms with E-state index in [1.165, 1.54) is 32.1 Å². The third-order valence-corrected chi connectivity index (χ3v) is 2.58. The predicted molar refractivity (Wildman–Crippen MR) is 56.6 cm³/mol. The number of hydrogen-bond donors (Lipinski definition) is 0. The van der Waals surface area contributed by atoms with Crippen molar-refractivity contribution in [1.82, 2.24) is 0 Å². The van der Waals surface area contributed by atoms with Crippen LogP contribution in [-0.4, -0.2) is 20.0 Å². The van der Waals surface area contributed by atoms with E-state index in [4.69, 9.17) is 9.47 Å². The van der Waals surface area contributed by atoms with Crippen LogP contribution < -0.4 is 9.47 Å². The summed E-state index contributed by atoms with van der Waals surface area (Å²) >= 11 is 0. The van der Waals surface area contributed by atoms with Crippen molar-refractivity contribution in [2.45, 2.75) is 12.8 Å². The number of halogens is 1. The second-order valence-corrected chi connectivity index (χ2v) is 3.90. The SMILES string of the molecule is COc1cc(F)c(C=O)cc1OCC1CC1. The van der Waals surface area contributed by atoms with Crippen LogP contribution in [0.15, 0.2) is 12.1 Å². The Hall–Kier alpha value is -1.58. The lowest BCUT2D eigenvalue weighted by molar-refractivity contribution is 0.111. The van der Waals surface area contributed by atoms with Crippen molar-refractivity contribution in [3.05, 3.63) is 23.5 Å². The monoisotopic (exact) mass is 224 g/mol. The van der Waals surface area contributed by atoms with Gasteiger partial charge in [0.25, 0.3) is 0 Å². The normalized spacial score (nSPS) is 14.6. The fourth-order valence-electron chi connectivity index (χ4n) is 1.41. The van der Waals surface area contributed by atoms with Crippen molar-refractivity contribution in [2.24, 2.45) is 5.92 Å². The molecule has 1 saturated carbocycles. The minimum absolute atomic E-state index is 0.00778. The molecular weight excluding hydrogens is 211 g/mol. The van der Waals surface area contributed by atoms with Gasteiger partial charge in [0.15, 0.2) is 17.8 Å². The van der Waals surface area contributed by atoms with Crippen molar-refractivity contribution >= 4 is 6.29 Å². The summed E-state index contributed by atoms with van der Waals surface area (Å²) in [5.41, 5.74) is -0.00778. The molecule has 1 aliphatic carbocycles. The molecule has 0 radical (unpaired) electrons. The van der Waals surface area contributed by atoms with Crippen molar-refractivity contribution in [1.29, 1.82) is 0 Å². The molecule has 0 N–H and O–H groups in total. The molecule has 2 rings (SSSR count). The maximum Gasteiger partial charge on any atom is 0.163 e. The van der Waals surface area contributed by atoms with Gasteiger partial charge in [0.05, 0.1) is 19.3 Å². The maximum absolute atomic E-state index is 13.3. The molecule has 3 nitrogen and oxygen atoms in total. The van der Waals surface area contributed by atoms with Crippen LogP contribution in [-0.2, 0) is 0 Å². The summed E-state index contributed by atoms with van der Waals surface area (Å²) in [6.45, 7) is 0.598. The first-order chi connectivity index (χ1) is 7.74. The lowest BCUT2D eigenvalue weighted by Crippen LogP contribution is -2.02. The topological polar surface area (TPSA) is 35.5 Å². The Morgan fingerprint density at radius 3 is 2.75 bits per heavy atom. The van der Waals surface area contributed by atoms with Gasteiger partial charge in [-0.25, -0.2) is 4.39 Å². The predicted octanol–water partition coefficient (Wildman–Crippen LogP) is 2.44.